The van der Waals surface area contributed by atoms with Crippen molar-refractivity contribution < 1.29 is 0 Å². The molecule has 0 saturated heterocycles. The maximum Gasteiger partial charge on any atom is 0.160 e. The second-order valence-corrected chi connectivity index (χ2v) is 6.76. The fraction of sp³-hybridized carbons (Fsp3) is 0.409. The van der Waals surface area contributed by atoms with Gasteiger partial charge in [0.1, 0.15) is 0 Å². The molecular formula is C22H28BN. The third-order valence-electron chi connectivity index (χ3n) is 4.91. The van der Waals surface area contributed by atoms with Crippen molar-refractivity contribution >= 4 is 18.3 Å². The smallest absolute Gasteiger partial charge is 0.160 e. The van der Waals surface area contributed by atoms with Crippen LogP contribution in [0.25, 0.3) is 5.57 Å². The molecule has 1 aliphatic carbocycles. The third-order valence-corrected chi connectivity index (χ3v) is 4.91. The van der Waals surface area contributed by atoms with Gasteiger partial charge in [0.2, 0.25) is 0 Å². The van der Waals surface area contributed by atoms with Gasteiger partial charge in [-0.05, 0) is 24.1 Å². The molecular weight excluding hydrogens is 289 g/mol. The number of benzene rings is 1. The molecule has 2 heteroatoms. The highest BCUT2D eigenvalue weighted by Gasteiger charge is 2.15. The summed E-state index contributed by atoms with van der Waals surface area (Å²) in [4.78, 5) is 0. The molecule has 0 spiro atoms. The lowest BCUT2D eigenvalue weighted by molar-refractivity contribution is 0.502. The zero-order chi connectivity index (χ0) is 17.2. The Hall–Kier alpha value is -2.01. The van der Waals surface area contributed by atoms with Crippen LogP contribution < -0.4 is 5.46 Å². The molecule has 0 heterocycles. The van der Waals surface area contributed by atoms with Gasteiger partial charge < -0.3 is 0 Å². The zero-order valence-corrected chi connectivity index (χ0v) is 14.9. The maximum atomic E-state index is 9.46. The minimum absolute atomic E-state index is 0.739. The molecule has 0 N–H and O–H groups in total. The van der Waals surface area contributed by atoms with Crippen LogP contribution in [0.1, 0.15) is 63.0 Å². The van der Waals surface area contributed by atoms with Gasteiger partial charge in [-0.3, -0.25) is 0 Å². The van der Waals surface area contributed by atoms with Crippen LogP contribution in [0.5, 0.6) is 0 Å². The molecule has 1 aliphatic rings. The Labute approximate surface area is 148 Å². The van der Waals surface area contributed by atoms with E-state index in [-0.39, 0.29) is 0 Å². The number of hydrogen-bond donors (Lipinski definition) is 0. The van der Waals surface area contributed by atoms with E-state index in [0.29, 0.717) is 0 Å². The van der Waals surface area contributed by atoms with E-state index in [1.807, 2.05) is 25.1 Å². The molecule has 0 atom stereocenters. The van der Waals surface area contributed by atoms with E-state index in [1.54, 1.807) is 6.08 Å². The first-order chi connectivity index (χ1) is 11.8. The lowest BCUT2D eigenvalue weighted by Crippen LogP contribution is -2.21. The van der Waals surface area contributed by atoms with E-state index >= 15 is 0 Å². The molecule has 0 bridgehead atoms. The summed E-state index contributed by atoms with van der Waals surface area (Å²) >= 11 is 0. The van der Waals surface area contributed by atoms with Crippen molar-refractivity contribution in [2.24, 2.45) is 0 Å². The fourth-order valence-corrected chi connectivity index (χ4v) is 3.67. The molecule has 1 fully saturated rings. The molecule has 1 aromatic carbocycles. The first-order valence-electron chi connectivity index (χ1n) is 9.27. The Bertz CT molecular complexity index is 640. The first-order valence-corrected chi connectivity index (χ1v) is 9.27. The Morgan fingerprint density at radius 2 is 1.92 bits per heavy atom. The van der Waals surface area contributed by atoms with Crippen LogP contribution in [0.2, 0.25) is 5.82 Å². The van der Waals surface area contributed by atoms with E-state index in [2.05, 4.69) is 30.9 Å². The van der Waals surface area contributed by atoms with E-state index in [0.717, 1.165) is 29.8 Å². The second-order valence-electron chi connectivity index (χ2n) is 6.76. The molecule has 1 aromatic rings. The highest BCUT2D eigenvalue weighted by molar-refractivity contribution is 6.55. The van der Waals surface area contributed by atoms with Gasteiger partial charge in [0.05, 0.1) is 11.6 Å². The quantitative estimate of drug-likeness (QED) is 0.534. The Kier molecular flexibility index (Phi) is 7.63. The number of rotatable bonds is 5. The Balaban J connectivity index is 2.25. The number of allylic oxidation sites excluding steroid dienone is 5. The van der Waals surface area contributed by atoms with E-state index in [1.165, 1.54) is 50.4 Å². The third kappa shape index (κ3) is 5.27. The predicted molar refractivity (Wildman–Crippen MR) is 107 cm³/mol. The average Bonchev–Trinajstić information content (AvgIpc) is 2.57. The summed E-state index contributed by atoms with van der Waals surface area (Å²) in [6.07, 6.45) is 17.5. The standard InChI is InChI=1S/C22H28BN/c1-3-10-18(11-4-2)22-16-21(15-14-19(22)17-24)23-20-12-8-6-5-7-9-13-20/h3-4,10-11,14-16,20,23H,1,5-9,12-13H2,2H3/b11-4-,18-10+. The molecule has 0 aliphatic heterocycles. The Morgan fingerprint density at radius 3 is 2.54 bits per heavy atom. The molecule has 1 nitrogen and oxygen atoms in total. The minimum atomic E-state index is 0.739. The van der Waals surface area contributed by atoms with E-state index in [9.17, 15) is 5.26 Å². The topological polar surface area (TPSA) is 23.8 Å². The van der Waals surface area contributed by atoms with Crippen molar-refractivity contribution in [1.82, 2.24) is 0 Å². The van der Waals surface area contributed by atoms with Crippen molar-refractivity contribution in [3.8, 4) is 6.07 Å². The molecule has 0 radical (unpaired) electrons. The molecule has 0 unspecified atom stereocenters. The second kappa shape index (κ2) is 9.98. The summed E-state index contributed by atoms with van der Waals surface area (Å²) in [6.45, 7) is 5.81. The summed E-state index contributed by atoms with van der Waals surface area (Å²) < 4.78 is 0. The largest absolute Gasteiger partial charge is 0.192 e. The van der Waals surface area contributed by atoms with Crippen LogP contribution >= 0.6 is 0 Å². The number of hydrogen-bond acceptors (Lipinski definition) is 1. The van der Waals surface area contributed by atoms with Gasteiger partial charge in [-0.1, -0.05) is 99.2 Å². The molecule has 2 rings (SSSR count). The van der Waals surface area contributed by atoms with E-state index in [4.69, 9.17) is 0 Å². The highest BCUT2D eigenvalue weighted by atomic mass is 14.2. The number of nitriles is 1. The Morgan fingerprint density at radius 1 is 1.21 bits per heavy atom. The zero-order valence-electron chi connectivity index (χ0n) is 14.9. The van der Waals surface area contributed by atoms with Crippen LogP contribution in [0, 0.1) is 11.3 Å². The van der Waals surface area contributed by atoms with Gasteiger partial charge in [-0.15, -0.1) is 0 Å². The molecule has 24 heavy (non-hydrogen) atoms. The van der Waals surface area contributed by atoms with Crippen molar-refractivity contribution in [1.29, 1.82) is 5.26 Å². The first kappa shape index (κ1) is 18.3. The summed E-state index contributed by atoms with van der Waals surface area (Å²) in [5.74, 6) is 0.791. The molecule has 1 saturated carbocycles. The normalized spacial score (nSPS) is 17.1. The van der Waals surface area contributed by atoms with Crippen LogP contribution in [-0.4, -0.2) is 7.28 Å². The van der Waals surface area contributed by atoms with Gasteiger partial charge in [-0.25, -0.2) is 0 Å². The van der Waals surface area contributed by atoms with Crippen molar-refractivity contribution in [3.05, 3.63) is 60.2 Å². The predicted octanol–water partition coefficient (Wildman–Crippen LogP) is 5.30. The molecule has 124 valence electrons. The summed E-state index contributed by atoms with van der Waals surface area (Å²) in [6, 6.07) is 8.67. The van der Waals surface area contributed by atoms with Gasteiger partial charge in [0.15, 0.2) is 7.28 Å². The maximum absolute atomic E-state index is 9.46. The molecule has 0 aromatic heterocycles. The monoisotopic (exact) mass is 317 g/mol. The van der Waals surface area contributed by atoms with Gasteiger partial charge >= 0.3 is 0 Å². The van der Waals surface area contributed by atoms with Crippen LogP contribution in [0.15, 0.2) is 49.1 Å². The van der Waals surface area contributed by atoms with Crippen LogP contribution in [0.3, 0.4) is 0 Å². The summed E-state index contributed by atoms with van der Waals surface area (Å²) in [5, 5.41) is 9.46. The van der Waals surface area contributed by atoms with Gasteiger partial charge in [0, 0.05) is 0 Å². The van der Waals surface area contributed by atoms with E-state index < -0.39 is 0 Å². The summed E-state index contributed by atoms with van der Waals surface area (Å²) in [7, 11) is 1.13. The fourth-order valence-electron chi connectivity index (χ4n) is 3.67. The van der Waals surface area contributed by atoms with Crippen molar-refractivity contribution in [3.63, 3.8) is 0 Å². The van der Waals surface area contributed by atoms with Crippen LogP contribution in [-0.2, 0) is 0 Å². The van der Waals surface area contributed by atoms with Crippen molar-refractivity contribution in [2.75, 3.05) is 0 Å². The van der Waals surface area contributed by atoms with Gasteiger partial charge in [0.25, 0.3) is 0 Å². The molecule has 0 amide bonds. The highest BCUT2D eigenvalue weighted by Crippen LogP contribution is 2.26. The lowest BCUT2D eigenvalue weighted by Gasteiger charge is -2.19. The average molecular weight is 317 g/mol. The van der Waals surface area contributed by atoms with Gasteiger partial charge in [-0.2, -0.15) is 5.26 Å². The minimum Gasteiger partial charge on any atom is -0.192 e. The summed E-state index contributed by atoms with van der Waals surface area (Å²) in [5.41, 5.74) is 4.18. The number of nitrogens with zero attached hydrogens (tertiary/aromatic N) is 1. The SMILES string of the molecule is C=C/C=C(\C=C/C)c1cc(BC2CCCCCCC2)ccc1C#N. The van der Waals surface area contributed by atoms with Crippen molar-refractivity contribution in [2.45, 2.75) is 57.7 Å². The lowest BCUT2D eigenvalue weighted by atomic mass is 9.55. The van der Waals surface area contributed by atoms with Crippen LogP contribution in [0.4, 0.5) is 0 Å².